The molecular formula is C25H33N3O2. The molecule has 0 unspecified atom stereocenters. The maximum atomic E-state index is 12.6. The second kappa shape index (κ2) is 10.4. The number of hydrogen-bond donors (Lipinski definition) is 1. The number of carbonyl (C=O) groups is 2. The largest absolute Gasteiger partial charge is 0.348 e. The average molecular weight is 408 g/mol. The Kier molecular flexibility index (Phi) is 7.63. The lowest BCUT2D eigenvalue weighted by Crippen LogP contribution is -2.35. The number of hydrogen-bond acceptors (Lipinski definition) is 3. The van der Waals surface area contributed by atoms with E-state index in [4.69, 9.17) is 0 Å². The van der Waals surface area contributed by atoms with Crippen LogP contribution in [0.15, 0.2) is 48.5 Å². The molecule has 0 spiro atoms. The van der Waals surface area contributed by atoms with Gasteiger partial charge in [-0.2, -0.15) is 0 Å². The van der Waals surface area contributed by atoms with E-state index in [1.807, 2.05) is 53.4 Å². The molecule has 5 heteroatoms. The molecule has 1 heterocycles. The van der Waals surface area contributed by atoms with Crippen LogP contribution in [0.5, 0.6) is 0 Å². The van der Waals surface area contributed by atoms with Gasteiger partial charge >= 0.3 is 0 Å². The predicted molar refractivity (Wildman–Crippen MR) is 121 cm³/mol. The average Bonchev–Trinajstić information content (AvgIpc) is 2.76. The lowest BCUT2D eigenvalue weighted by atomic mass is 10.1. The molecule has 1 saturated heterocycles. The van der Waals surface area contributed by atoms with Crippen molar-refractivity contribution >= 4 is 17.5 Å². The Bertz CT molecular complexity index is 861. The van der Waals surface area contributed by atoms with Gasteiger partial charge in [-0.05, 0) is 68.6 Å². The fraction of sp³-hybridized carbons (Fsp3) is 0.440. The molecule has 0 aliphatic carbocycles. The molecule has 0 radical (unpaired) electrons. The number of benzene rings is 2. The number of piperidine rings is 1. The van der Waals surface area contributed by atoms with Gasteiger partial charge in [0.25, 0.3) is 5.91 Å². The topological polar surface area (TPSA) is 52.7 Å². The molecule has 5 nitrogen and oxygen atoms in total. The molecule has 1 N–H and O–H groups in total. The molecule has 0 bridgehead atoms. The Balaban J connectivity index is 1.58. The third-order valence-electron chi connectivity index (χ3n) is 5.74. The van der Waals surface area contributed by atoms with Crippen molar-refractivity contribution in [3.63, 3.8) is 0 Å². The van der Waals surface area contributed by atoms with Crippen molar-refractivity contribution in [1.82, 2.24) is 10.2 Å². The molecule has 160 valence electrons. The van der Waals surface area contributed by atoms with Crippen LogP contribution in [0.1, 0.15) is 61.5 Å². The van der Waals surface area contributed by atoms with E-state index in [0.717, 1.165) is 43.7 Å². The number of anilines is 1. The van der Waals surface area contributed by atoms with Crippen molar-refractivity contribution < 1.29 is 9.59 Å². The fourth-order valence-electron chi connectivity index (χ4n) is 3.85. The van der Waals surface area contributed by atoms with Gasteiger partial charge in [0.2, 0.25) is 5.91 Å². The summed E-state index contributed by atoms with van der Waals surface area (Å²) in [5.74, 6) is 0.0961. The fourth-order valence-corrected chi connectivity index (χ4v) is 3.85. The third kappa shape index (κ3) is 5.70. The van der Waals surface area contributed by atoms with Gasteiger partial charge in [-0.1, -0.05) is 31.2 Å². The van der Waals surface area contributed by atoms with Crippen LogP contribution in [-0.4, -0.2) is 35.8 Å². The van der Waals surface area contributed by atoms with Gasteiger partial charge < -0.3 is 10.2 Å². The number of nitrogens with zero attached hydrogens (tertiary/aromatic N) is 2. The monoisotopic (exact) mass is 407 g/mol. The minimum atomic E-state index is -0.0859. The first kappa shape index (κ1) is 22.0. The zero-order chi connectivity index (χ0) is 21.5. The molecule has 30 heavy (non-hydrogen) atoms. The Morgan fingerprint density at radius 1 is 1.10 bits per heavy atom. The van der Waals surface area contributed by atoms with Gasteiger partial charge in [-0.15, -0.1) is 0 Å². The summed E-state index contributed by atoms with van der Waals surface area (Å²) < 4.78 is 0. The quantitative estimate of drug-likeness (QED) is 0.707. The van der Waals surface area contributed by atoms with Gasteiger partial charge in [0.15, 0.2) is 0 Å². The van der Waals surface area contributed by atoms with Crippen LogP contribution >= 0.6 is 0 Å². The molecule has 0 saturated carbocycles. The number of nitrogens with one attached hydrogen (secondary N) is 1. The maximum absolute atomic E-state index is 12.6. The predicted octanol–water partition coefficient (Wildman–Crippen LogP) is 4.36. The van der Waals surface area contributed by atoms with Crippen molar-refractivity contribution in [2.75, 3.05) is 18.0 Å². The highest BCUT2D eigenvalue weighted by atomic mass is 16.2. The van der Waals surface area contributed by atoms with Crippen LogP contribution < -0.4 is 10.2 Å². The Labute approximate surface area is 180 Å². The molecule has 0 aromatic heterocycles. The van der Waals surface area contributed by atoms with Crippen molar-refractivity contribution in [2.45, 2.75) is 59.2 Å². The van der Waals surface area contributed by atoms with E-state index in [1.165, 1.54) is 5.56 Å². The highest BCUT2D eigenvalue weighted by Gasteiger charge is 2.19. The lowest BCUT2D eigenvalue weighted by molar-refractivity contribution is -0.119. The van der Waals surface area contributed by atoms with Crippen LogP contribution in [0.3, 0.4) is 0 Å². The van der Waals surface area contributed by atoms with Crippen molar-refractivity contribution in [3.05, 3.63) is 65.2 Å². The van der Waals surface area contributed by atoms with E-state index in [0.29, 0.717) is 24.6 Å². The molecular weight excluding hydrogens is 374 g/mol. The van der Waals surface area contributed by atoms with Crippen LogP contribution in [0.25, 0.3) is 0 Å². The van der Waals surface area contributed by atoms with E-state index >= 15 is 0 Å². The summed E-state index contributed by atoms with van der Waals surface area (Å²) >= 11 is 0. The zero-order valence-electron chi connectivity index (χ0n) is 18.4. The molecule has 1 aliphatic rings. The van der Waals surface area contributed by atoms with Crippen LogP contribution in [0.2, 0.25) is 0 Å². The van der Waals surface area contributed by atoms with E-state index < -0.39 is 0 Å². The molecule has 2 aromatic carbocycles. The number of rotatable bonds is 8. The summed E-state index contributed by atoms with van der Waals surface area (Å²) in [5, 5.41) is 2.99. The molecule has 3 rings (SSSR count). The second-order valence-corrected chi connectivity index (χ2v) is 8.21. The minimum Gasteiger partial charge on any atom is -0.348 e. The molecule has 1 aliphatic heterocycles. The molecule has 0 atom stereocenters. The summed E-state index contributed by atoms with van der Waals surface area (Å²) in [6, 6.07) is 16.2. The van der Waals surface area contributed by atoms with Crippen LogP contribution in [-0.2, 0) is 17.9 Å². The lowest BCUT2D eigenvalue weighted by Gasteiger charge is -2.27. The van der Waals surface area contributed by atoms with Crippen molar-refractivity contribution in [1.29, 1.82) is 0 Å². The first-order valence-electron chi connectivity index (χ1n) is 11.0. The standard InChI is InChI=1S/C25H33N3O2/c1-4-27(19(2)3)18-20-11-13-22(14-12-20)25(30)26-17-21-8-7-9-23(16-21)28-15-6-5-10-24(28)29/h7-9,11-14,16,19H,4-6,10,15,17-18H2,1-3H3,(H,26,30). The van der Waals surface area contributed by atoms with Gasteiger partial charge in [-0.25, -0.2) is 0 Å². The Hall–Kier alpha value is -2.66. The Morgan fingerprint density at radius 2 is 1.87 bits per heavy atom. The first-order valence-corrected chi connectivity index (χ1v) is 11.0. The molecule has 2 aromatic rings. The molecule has 1 fully saturated rings. The van der Waals surface area contributed by atoms with E-state index in [1.54, 1.807) is 0 Å². The first-order chi connectivity index (χ1) is 14.5. The second-order valence-electron chi connectivity index (χ2n) is 8.21. The normalized spacial score (nSPS) is 14.4. The highest BCUT2D eigenvalue weighted by Crippen LogP contribution is 2.22. The van der Waals surface area contributed by atoms with Gasteiger partial charge in [0.1, 0.15) is 0 Å². The summed E-state index contributed by atoms with van der Waals surface area (Å²) in [6.45, 7) is 9.65. The third-order valence-corrected chi connectivity index (χ3v) is 5.74. The molecule has 2 amide bonds. The van der Waals surface area contributed by atoms with E-state index in [9.17, 15) is 9.59 Å². The van der Waals surface area contributed by atoms with Gasteiger partial charge in [0.05, 0.1) is 0 Å². The van der Waals surface area contributed by atoms with Crippen LogP contribution in [0.4, 0.5) is 5.69 Å². The summed E-state index contributed by atoms with van der Waals surface area (Å²) in [4.78, 5) is 29.0. The maximum Gasteiger partial charge on any atom is 0.251 e. The number of carbonyl (C=O) groups excluding carboxylic acids is 2. The Morgan fingerprint density at radius 3 is 2.53 bits per heavy atom. The van der Waals surface area contributed by atoms with Gasteiger partial charge in [0, 0.05) is 43.3 Å². The van der Waals surface area contributed by atoms with E-state index in [2.05, 4.69) is 31.0 Å². The highest BCUT2D eigenvalue weighted by molar-refractivity contribution is 5.95. The van der Waals surface area contributed by atoms with Crippen molar-refractivity contribution in [3.8, 4) is 0 Å². The summed E-state index contributed by atoms with van der Waals surface area (Å²) in [5.41, 5.74) is 3.78. The SMILES string of the molecule is CCN(Cc1ccc(C(=O)NCc2cccc(N3CCCCC3=O)c2)cc1)C(C)C. The minimum absolute atomic E-state index is 0.0859. The summed E-state index contributed by atoms with van der Waals surface area (Å²) in [6.07, 6.45) is 2.62. The van der Waals surface area contributed by atoms with E-state index in [-0.39, 0.29) is 11.8 Å². The van der Waals surface area contributed by atoms with Crippen molar-refractivity contribution in [2.24, 2.45) is 0 Å². The number of amides is 2. The zero-order valence-corrected chi connectivity index (χ0v) is 18.4. The summed E-state index contributed by atoms with van der Waals surface area (Å²) in [7, 11) is 0. The van der Waals surface area contributed by atoms with Crippen LogP contribution in [0, 0.1) is 0 Å². The smallest absolute Gasteiger partial charge is 0.251 e. The van der Waals surface area contributed by atoms with Gasteiger partial charge in [-0.3, -0.25) is 14.5 Å².